The van der Waals surface area contributed by atoms with Crippen LogP contribution < -0.4 is 5.32 Å². The fourth-order valence-electron chi connectivity index (χ4n) is 4.22. The van der Waals surface area contributed by atoms with Crippen LogP contribution in [-0.2, 0) is 6.54 Å². The van der Waals surface area contributed by atoms with Gasteiger partial charge in [0.05, 0.1) is 18.2 Å². The highest BCUT2D eigenvalue weighted by molar-refractivity contribution is 6.31. The summed E-state index contributed by atoms with van der Waals surface area (Å²) < 4.78 is 19.8. The number of rotatable bonds is 5. The van der Waals surface area contributed by atoms with Crippen LogP contribution in [0.2, 0.25) is 5.02 Å². The Balaban J connectivity index is 1.62. The van der Waals surface area contributed by atoms with Gasteiger partial charge in [0.15, 0.2) is 0 Å². The molecule has 35 heavy (non-hydrogen) atoms. The number of carbonyl (C=O) groups excluding carboxylic acids is 1. The van der Waals surface area contributed by atoms with Gasteiger partial charge in [0.2, 0.25) is 5.82 Å². The Morgan fingerprint density at radius 3 is 2.63 bits per heavy atom. The maximum atomic E-state index is 14.1. The minimum atomic E-state index is -0.675. The smallest absolute Gasteiger partial charge is 0.322 e. The lowest BCUT2D eigenvalue weighted by Gasteiger charge is -2.35. The summed E-state index contributed by atoms with van der Waals surface area (Å²) >= 11 is 6.36. The van der Waals surface area contributed by atoms with Crippen molar-refractivity contribution < 1.29 is 13.7 Å². The van der Waals surface area contributed by atoms with Crippen LogP contribution in [-0.4, -0.2) is 21.1 Å². The van der Waals surface area contributed by atoms with Crippen LogP contribution in [0.3, 0.4) is 0 Å². The van der Waals surface area contributed by atoms with Gasteiger partial charge in [-0.05, 0) is 49.2 Å². The summed E-state index contributed by atoms with van der Waals surface area (Å²) in [4.78, 5) is 19.4. The van der Waals surface area contributed by atoms with Gasteiger partial charge < -0.3 is 9.84 Å². The maximum Gasteiger partial charge on any atom is 0.322 e. The summed E-state index contributed by atoms with van der Waals surface area (Å²) in [5.74, 6) is 0.271. The average molecular weight is 489 g/mol. The molecular formula is C27H22ClFN4O2. The van der Waals surface area contributed by atoms with E-state index in [-0.39, 0.29) is 18.5 Å². The largest absolute Gasteiger partial charge is 0.334 e. The van der Waals surface area contributed by atoms with Gasteiger partial charge in [-0.25, -0.2) is 9.18 Å². The van der Waals surface area contributed by atoms with Crippen molar-refractivity contribution >= 4 is 23.2 Å². The first-order chi connectivity index (χ1) is 16.9. The van der Waals surface area contributed by atoms with Gasteiger partial charge in [0.1, 0.15) is 5.82 Å². The molecule has 5 rings (SSSR count). The van der Waals surface area contributed by atoms with Crippen molar-refractivity contribution in [2.45, 2.75) is 26.4 Å². The van der Waals surface area contributed by atoms with Crippen molar-refractivity contribution in [3.8, 4) is 11.4 Å². The van der Waals surface area contributed by atoms with E-state index in [2.05, 4.69) is 15.5 Å². The summed E-state index contributed by atoms with van der Waals surface area (Å²) in [7, 11) is 0. The normalized spacial score (nSPS) is 15.9. The van der Waals surface area contributed by atoms with E-state index in [1.165, 1.54) is 12.1 Å². The van der Waals surface area contributed by atoms with Crippen LogP contribution in [0.4, 0.5) is 9.18 Å². The molecule has 4 aromatic rings. The number of aryl methyl sites for hydroxylation is 1. The lowest BCUT2D eigenvalue weighted by atomic mass is 9.94. The average Bonchev–Trinajstić information content (AvgIpc) is 3.32. The van der Waals surface area contributed by atoms with Crippen LogP contribution in [0.15, 0.2) is 83.0 Å². The second-order valence-corrected chi connectivity index (χ2v) is 8.81. The number of allylic oxidation sites excluding steroid dienone is 1. The van der Waals surface area contributed by atoms with E-state index >= 15 is 0 Å². The van der Waals surface area contributed by atoms with Crippen molar-refractivity contribution in [1.82, 2.24) is 20.4 Å². The number of halogens is 2. The third-order valence-corrected chi connectivity index (χ3v) is 6.37. The molecule has 0 saturated heterocycles. The second kappa shape index (κ2) is 9.35. The van der Waals surface area contributed by atoms with E-state index in [1.54, 1.807) is 23.1 Å². The fraction of sp³-hybridized carbons (Fsp3) is 0.148. The number of urea groups is 1. The Labute approximate surface area is 207 Å². The van der Waals surface area contributed by atoms with Gasteiger partial charge in [-0.3, -0.25) is 4.90 Å². The minimum absolute atomic E-state index is 0.246. The van der Waals surface area contributed by atoms with Gasteiger partial charge >= 0.3 is 6.03 Å². The molecule has 8 heteroatoms. The molecule has 1 atom stereocenters. The minimum Gasteiger partial charge on any atom is -0.334 e. The molecule has 1 unspecified atom stereocenters. The Morgan fingerprint density at radius 2 is 1.86 bits per heavy atom. The lowest BCUT2D eigenvalue weighted by Crippen LogP contribution is -2.45. The lowest BCUT2D eigenvalue weighted by molar-refractivity contribution is 0.203. The third-order valence-electron chi connectivity index (χ3n) is 6.00. The standard InChI is InChI=1S/C27H22ClFN4O2/c1-16-7-5-10-19(13-16)25-31-26(35-32-25)23-17(2)33(15-20-8-3-4-12-22(20)28)27(34)30-24(23)18-9-6-11-21(29)14-18/h3-14,24H,15H2,1-2H3,(H,30,34). The van der Waals surface area contributed by atoms with E-state index < -0.39 is 11.9 Å². The van der Waals surface area contributed by atoms with Crippen LogP contribution in [0.5, 0.6) is 0 Å². The topological polar surface area (TPSA) is 71.3 Å². The first-order valence-electron chi connectivity index (χ1n) is 11.1. The Kier molecular flexibility index (Phi) is 6.09. The molecule has 1 aliphatic rings. The number of amides is 2. The Hall–Kier alpha value is -3.97. The van der Waals surface area contributed by atoms with Crippen molar-refractivity contribution in [2.24, 2.45) is 0 Å². The van der Waals surface area contributed by atoms with Crippen molar-refractivity contribution in [2.75, 3.05) is 0 Å². The van der Waals surface area contributed by atoms with Crippen LogP contribution in [0, 0.1) is 12.7 Å². The van der Waals surface area contributed by atoms with Gasteiger partial charge in [-0.1, -0.05) is 70.9 Å². The van der Waals surface area contributed by atoms with E-state index in [9.17, 15) is 9.18 Å². The van der Waals surface area contributed by atoms with Crippen LogP contribution >= 0.6 is 11.6 Å². The number of carbonyl (C=O) groups is 1. The number of hydrogen-bond donors (Lipinski definition) is 1. The first-order valence-corrected chi connectivity index (χ1v) is 11.5. The summed E-state index contributed by atoms with van der Waals surface area (Å²) in [6, 6.07) is 20.2. The van der Waals surface area contributed by atoms with Crippen LogP contribution in [0.1, 0.15) is 35.5 Å². The summed E-state index contributed by atoms with van der Waals surface area (Å²) in [5, 5.41) is 7.71. The molecule has 176 valence electrons. The quantitative estimate of drug-likeness (QED) is 0.346. The molecule has 1 N–H and O–H groups in total. The molecule has 0 radical (unpaired) electrons. The van der Waals surface area contributed by atoms with E-state index in [4.69, 9.17) is 16.1 Å². The molecule has 2 heterocycles. The maximum absolute atomic E-state index is 14.1. The SMILES string of the molecule is CC1=C(c2nc(-c3cccc(C)c3)no2)C(c2cccc(F)c2)NC(=O)N1Cc1ccccc1Cl. The molecule has 3 aromatic carbocycles. The third kappa shape index (κ3) is 4.55. The number of hydrogen-bond acceptors (Lipinski definition) is 4. The predicted molar refractivity (Wildman–Crippen MR) is 132 cm³/mol. The highest BCUT2D eigenvalue weighted by Gasteiger charge is 2.36. The molecule has 0 bridgehead atoms. The number of nitrogens with zero attached hydrogens (tertiary/aromatic N) is 3. The summed E-state index contributed by atoms with van der Waals surface area (Å²) in [6.07, 6.45) is 0. The zero-order valence-electron chi connectivity index (χ0n) is 19.1. The van der Waals surface area contributed by atoms with Crippen LogP contribution in [0.25, 0.3) is 17.0 Å². The zero-order chi connectivity index (χ0) is 24.5. The highest BCUT2D eigenvalue weighted by atomic mass is 35.5. The fourth-order valence-corrected chi connectivity index (χ4v) is 4.41. The number of benzene rings is 3. The van der Waals surface area contributed by atoms with Gasteiger partial charge in [-0.15, -0.1) is 0 Å². The molecule has 1 aromatic heterocycles. The molecule has 0 saturated carbocycles. The number of nitrogens with one attached hydrogen (secondary N) is 1. The van der Waals surface area contributed by atoms with Gasteiger partial charge in [-0.2, -0.15) is 4.98 Å². The van der Waals surface area contributed by atoms with E-state index in [0.29, 0.717) is 27.7 Å². The molecular weight excluding hydrogens is 467 g/mol. The van der Waals surface area contributed by atoms with Crippen molar-refractivity contribution in [1.29, 1.82) is 0 Å². The zero-order valence-corrected chi connectivity index (χ0v) is 19.9. The molecule has 6 nitrogen and oxygen atoms in total. The number of aromatic nitrogens is 2. The Morgan fingerprint density at radius 1 is 1.06 bits per heavy atom. The van der Waals surface area contributed by atoms with Crippen molar-refractivity contribution in [3.05, 3.63) is 112 Å². The molecule has 0 aliphatic carbocycles. The van der Waals surface area contributed by atoms with Gasteiger partial charge in [0, 0.05) is 16.3 Å². The monoisotopic (exact) mass is 488 g/mol. The Bertz CT molecular complexity index is 1450. The van der Waals surface area contributed by atoms with Crippen molar-refractivity contribution in [3.63, 3.8) is 0 Å². The molecule has 0 spiro atoms. The molecule has 0 fully saturated rings. The predicted octanol–water partition coefficient (Wildman–Crippen LogP) is 6.54. The molecule has 2 amide bonds. The summed E-state index contributed by atoms with van der Waals surface area (Å²) in [5.41, 5.74) is 4.45. The van der Waals surface area contributed by atoms with Gasteiger partial charge in [0.25, 0.3) is 5.89 Å². The highest BCUT2D eigenvalue weighted by Crippen LogP contribution is 2.38. The second-order valence-electron chi connectivity index (χ2n) is 8.41. The van der Waals surface area contributed by atoms with E-state index in [1.807, 2.05) is 56.3 Å². The molecule has 1 aliphatic heterocycles. The van der Waals surface area contributed by atoms with E-state index in [0.717, 1.165) is 16.7 Å². The first kappa shape index (κ1) is 22.8. The summed E-state index contributed by atoms with van der Waals surface area (Å²) in [6.45, 7) is 4.05.